The Labute approximate surface area is 231 Å². The van der Waals surface area contributed by atoms with Crippen LogP contribution in [-0.2, 0) is 6.42 Å². The van der Waals surface area contributed by atoms with E-state index >= 15 is 0 Å². The molecule has 0 bridgehead atoms. The molecule has 0 saturated carbocycles. The average Bonchev–Trinajstić information content (AvgIpc) is 3.20. The molecule has 8 nitrogen and oxygen atoms in total. The van der Waals surface area contributed by atoms with E-state index in [4.69, 9.17) is 27.1 Å². The number of piperidine rings is 1. The highest BCUT2D eigenvalue weighted by Gasteiger charge is 2.46. The molecule has 5 rings (SSSR count). The number of aliphatic imine (C=N–C) groups is 1. The van der Waals surface area contributed by atoms with Crippen molar-refractivity contribution in [2.75, 3.05) is 20.2 Å². The first-order chi connectivity index (χ1) is 18.2. The second-order valence-electron chi connectivity index (χ2n) is 9.57. The molecule has 1 aliphatic heterocycles. The van der Waals surface area contributed by atoms with Crippen LogP contribution >= 0.6 is 11.6 Å². The van der Waals surface area contributed by atoms with Gasteiger partial charge in [-0.3, -0.25) is 9.97 Å². The van der Waals surface area contributed by atoms with E-state index in [0.29, 0.717) is 10.9 Å². The lowest BCUT2D eigenvalue weighted by Crippen LogP contribution is -2.45. The maximum atomic E-state index is 6.63. The van der Waals surface area contributed by atoms with Gasteiger partial charge in [-0.05, 0) is 75.6 Å². The average molecular weight is 538 g/mol. The van der Waals surface area contributed by atoms with Crippen molar-refractivity contribution in [3.05, 3.63) is 70.0 Å². The summed E-state index contributed by atoms with van der Waals surface area (Å²) in [6, 6.07) is 6.06. The number of hydrogen-bond donors (Lipinski definition) is 1. The molecule has 0 radical (unpaired) electrons. The Morgan fingerprint density at radius 3 is 2.45 bits per heavy atom. The van der Waals surface area contributed by atoms with Crippen molar-refractivity contribution < 1.29 is 4.74 Å². The molecular formula is C29H40ClN7O. The number of rotatable bonds is 2. The fraction of sp³-hybridized carbons (Fsp3) is 0.483. The smallest absolute Gasteiger partial charge is 0.232 e. The number of nitrogens with two attached hydrogens (primary N) is 1. The summed E-state index contributed by atoms with van der Waals surface area (Å²) in [5.74, 6) is 2.21. The zero-order valence-corrected chi connectivity index (χ0v) is 24.4. The van der Waals surface area contributed by atoms with Crippen LogP contribution in [-0.4, -0.2) is 50.9 Å². The Hall–Kier alpha value is -3.10. The molecule has 9 heteroatoms. The van der Waals surface area contributed by atoms with Crippen LogP contribution in [0.15, 0.2) is 41.8 Å². The Morgan fingerprint density at radius 1 is 1.11 bits per heavy atom. The molecule has 1 atom stereocenters. The lowest BCUT2D eigenvalue weighted by atomic mass is 9.73. The maximum absolute atomic E-state index is 6.63. The van der Waals surface area contributed by atoms with Gasteiger partial charge in [-0.1, -0.05) is 31.5 Å². The molecule has 0 aromatic carbocycles. The van der Waals surface area contributed by atoms with Crippen LogP contribution in [0, 0.1) is 26.2 Å². The Morgan fingerprint density at radius 2 is 1.82 bits per heavy atom. The van der Waals surface area contributed by atoms with E-state index in [1.807, 2.05) is 52.9 Å². The van der Waals surface area contributed by atoms with Crippen molar-refractivity contribution in [1.82, 2.24) is 24.8 Å². The number of halogens is 1. The first kappa shape index (κ1) is 29.5. The maximum Gasteiger partial charge on any atom is 0.232 e. The lowest BCUT2D eigenvalue weighted by Gasteiger charge is -2.42. The predicted octanol–water partition coefficient (Wildman–Crippen LogP) is 5.95. The van der Waals surface area contributed by atoms with Crippen LogP contribution in [0.1, 0.15) is 67.9 Å². The standard InChI is InChI=1S/C20H26N6.C7H8ClNO.C2H6/c1-13-12-23-14(2)19(24-13)25-15(3)26-9-6-20(7-10-26)11-17-16(18(20)21)5-4-8-22-17;1-5-3-4-9-7(10-2)6(5)8;1-2/h4-5,8,12,18H,6-7,9-11,21H2,1-3H3;3-4H,1-2H3;1-2H3. The van der Waals surface area contributed by atoms with E-state index in [-0.39, 0.29) is 11.5 Å². The van der Waals surface area contributed by atoms with Gasteiger partial charge in [0.25, 0.3) is 0 Å². The summed E-state index contributed by atoms with van der Waals surface area (Å²) < 4.78 is 4.88. The minimum Gasteiger partial charge on any atom is -0.480 e. The van der Waals surface area contributed by atoms with Crippen molar-refractivity contribution in [2.24, 2.45) is 16.1 Å². The fourth-order valence-corrected chi connectivity index (χ4v) is 5.12. The zero-order valence-electron chi connectivity index (χ0n) is 23.6. The van der Waals surface area contributed by atoms with Gasteiger partial charge in [0, 0.05) is 43.4 Å². The molecule has 2 aliphatic rings. The van der Waals surface area contributed by atoms with Gasteiger partial charge >= 0.3 is 0 Å². The van der Waals surface area contributed by atoms with Gasteiger partial charge in [-0.2, -0.15) is 0 Å². The molecule has 204 valence electrons. The quantitative estimate of drug-likeness (QED) is 0.318. The highest BCUT2D eigenvalue weighted by Crippen LogP contribution is 2.50. The molecule has 1 spiro atoms. The van der Waals surface area contributed by atoms with Gasteiger partial charge in [0.05, 0.1) is 18.5 Å². The summed E-state index contributed by atoms with van der Waals surface area (Å²) in [7, 11) is 1.55. The number of fused-ring (bicyclic) bond motifs is 1. The van der Waals surface area contributed by atoms with Gasteiger partial charge in [-0.25, -0.2) is 15.0 Å². The van der Waals surface area contributed by atoms with Crippen LogP contribution in [0.5, 0.6) is 5.88 Å². The van der Waals surface area contributed by atoms with Crippen LogP contribution in [0.2, 0.25) is 5.02 Å². The number of methoxy groups -OCH3 is 1. The zero-order chi connectivity index (χ0) is 27.9. The summed E-state index contributed by atoms with van der Waals surface area (Å²) >= 11 is 5.81. The van der Waals surface area contributed by atoms with Crippen molar-refractivity contribution >= 4 is 23.3 Å². The second kappa shape index (κ2) is 13.1. The molecule has 4 heterocycles. The molecule has 1 fully saturated rings. The van der Waals surface area contributed by atoms with Gasteiger partial charge in [0.15, 0.2) is 5.82 Å². The molecule has 38 heavy (non-hydrogen) atoms. The monoisotopic (exact) mass is 537 g/mol. The van der Waals surface area contributed by atoms with Crippen LogP contribution in [0.4, 0.5) is 5.82 Å². The predicted molar refractivity (Wildman–Crippen MR) is 154 cm³/mol. The third-order valence-corrected chi connectivity index (χ3v) is 7.68. The Kier molecular flexibility index (Phi) is 10.2. The van der Waals surface area contributed by atoms with E-state index in [9.17, 15) is 0 Å². The summed E-state index contributed by atoms with van der Waals surface area (Å²) in [5, 5.41) is 0.588. The van der Waals surface area contributed by atoms with Crippen LogP contribution in [0.25, 0.3) is 0 Å². The number of aromatic nitrogens is 4. The number of likely N-dealkylation sites (tertiary alicyclic amines) is 1. The van der Waals surface area contributed by atoms with E-state index in [2.05, 4.69) is 37.8 Å². The first-order valence-electron chi connectivity index (χ1n) is 13.2. The highest BCUT2D eigenvalue weighted by molar-refractivity contribution is 6.32. The summed E-state index contributed by atoms with van der Waals surface area (Å²) in [6.07, 6.45) is 8.45. The van der Waals surface area contributed by atoms with Crippen molar-refractivity contribution in [3.8, 4) is 5.88 Å². The molecule has 2 N–H and O–H groups in total. The number of ether oxygens (including phenoxy) is 1. The minimum atomic E-state index is 0.0930. The molecule has 3 aromatic rings. The van der Waals surface area contributed by atoms with Crippen molar-refractivity contribution in [2.45, 2.75) is 66.8 Å². The third kappa shape index (κ3) is 6.48. The second-order valence-corrected chi connectivity index (χ2v) is 9.95. The van der Waals surface area contributed by atoms with E-state index in [1.54, 1.807) is 19.5 Å². The molecule has 1 saturated heterocycles. The van der Waals surface area contributed by atoms with Gasteiger partial charge in [0.1, 0.15) is 10.9 Å². The molecule has 1 unspecified atom stereocenters. The minimum absolute atomic E-state index is 0.0930. The largest absolute Gasteiger partial charge is 0.480 e. The first-order valence-corrected chi connectivity index (χ1v) is 13.6. The fourth-order valence-electron chi connectivity index (χ4n) is 4.93. The number of nitrogens with zero attached hydrogens (tertiary/aromatic N) is 6. The number of hydrogen-bond acceptors (Lipinski definition) is 7. The summed E-state index contributed by atoms with van der Waals surface area (Å²) in [5.41, 5.74) is 11.9. The van der Waals surface area contributed by atoms with Gasteiger partial charge in [0.2, 0.25) is 5.88 Å². The number of amidine groups is 1. The third-order valence-electron chi connectivity index (χ3n) is 7.22. The summed E-state index contributed by atoms with van der Waals surface area (Å²) in [6.45, 7) is 13.8. The molecular weight excluding hydrogens is 498 g/mol. The van der Waals surface area contributed by atoms with E-state index in [0.717, 1.165) is 61.0 Å². The van der Waals surface area contributed by atoms with Gasteiger partial charge < -0.3 is 15.4 Å². The molecule has 1 aliphatic carbocycles. The summed E-state index contributed by atoms with van der Waals surface area (Å²) in [4.78, 5) is 24.4. The van der Waals surface area contributed by atoms with E-state index in [1.165, 1.54) is 11.3 Å². The lowest BCUT2D eigenvalue weighted by molar-refractivity contribution is 0.127. The van der Waals surface area contributed by atoms with Crippen molar-refractivity contribution in [1.29, 1.82) is 0 Å². The normalized spacial score (nSPS) is 17.7. The van der Waals surface area contributed by atoms with Crippen LogP contribution < -0.4 is 10.5 Å². The number of pyridine rings is 2. The Balaban J connectivity index is 0.000000280. The topological polar surface area (TPSA) is 102 Å². The molecule has 0 amide bonds. The van der Waals surface area contributed by atoms with Crippen molar-refractivity contribution in [3.63, 3.8) is 0 Å². The highest BCUT2D eigenvalue weighted by atomic mass is 35.5. The van der Waals surface area contributed by atoms with Crippen LogP contribution in [0.3, 0.4) is 0 Å². The Bertz CT molecular complexity index is 1260. The van der Waals surface area contributed by atoms with Gasteiger partial charge in [-0.15, -0.1) is 0 Å². The van der Waals surface area contributed by atoms with E-state index < -0.39 is 0 Å². The SMILES string of the molecule is CC.CC(=Nc1nc(C)cnc1C)N1CCC2(CC1)Cc1ncccc1C2N.COc1nccc(C)c1Cl. The number of aryl methyl sites for hydroxylation is 3. The molecule has 3 aromatic heterocycles.